The number of carbonyl (C=O) groups is 1. The van der Waals surface area contributed by atoms with Crippen LogP contribution in [-0.4, -0.2) is 28.1 Å². The summed E-state index contributed by atoms with van der Waals surface area (Å²) in [6.45, 7) is 6.69. The third-order valence-electron chi connectivity index (χ3n) is 4.01. The van der Waals surface area contributed by atoms with Gasteiger partial charge < -0.3 is 10.4 Å². The van der Waals surface area contributed by atoms with Crippen molar-refractivity contribution in [1.29, 1.82) is 0 Å². The van der Waals surface area contributed by atoms with Gasteiger partial charge >= 0.3 is 0 Å². The van der Waals surface area contributed by atoms with Gasteiger partial charge in [-0.2, -0.15) is 11.8 Å². The highest BCUT2D eigenvalue weighted by Gasteiger charge is 2.37. The van der Waals surface area contributed by atoms with Gasteiger partial charge in [-0.25, -0.2) is 0 Å². The topological polar surface area (TPSA) is 49.3 Å². The van der Waals surface area contributed by atoms with Gasteiger partial charge in [0, 0.05) is 6.54 Å². The Hall–Kier alpha value is -1.00. The van der Waals surface area contributed by atoms with Crippen LogP contribution in [0.25, 0.3) is 0 Å². The average Bonchev–Trinajstić information content (AvgIpc) is 2.38. The van der Waals surface area contributed by atoms with Crippen molar-refractivity contribution in [3.63, 3.8) is 0 Å². The van der Waals surface area contributed by atoms with Gasteiger partial charge in [-0.05, 0) is 61.8 Å². The summed E-state index contributed by atoms with van der Waals surface area (Å²) in [7, 11) is 0. The van der Waals surface area contributed by atoms with Gasteiger partial charge in [0.2, 0.25) is 0 Å². The predicted molar refractivity (Wildman–Crippen MR) is 84.0 cm³/mol. The maximum Gasteiger partial charge on any atom is 0.252 e. The molecule has 0 aliphatic carbocycles. The lowest BCUT2D eigenvalue weighted by atomic mass is 9.95. The summed E-state index contributed by atoms with van der Waals surface area (Å²) < 4.78 is 0. The molecule has 2 rings (SSSR count). The quantitative estimate of drug-likeness (QED) is 0.900. The smallest absolute Gasteiger partial charge is 0.252 e. The van der Waals surface area contributed by atoms with Crippen LogP contribution in [0.1, 0.15) is 35.1 Å². The minimum absolute atomic E-state index is 0.225. The van der Waals surface area contributed by atoms with Crippen LogP contribution in [0.2, 0.25) is 0 Å². The first-order valence-corrected chi connectivity index (χ1v) is 8.23. The molecule has 4 heteroatoms. The highest BCUT2D eigenvalue weighted by atomic mass is 32.2. The van der Waals surface area contributed by atoms with E-state index in [1.165, 1.54) is 16.7 Å². The van der Waals surface area contributed by atoms with Gasteiger partial charge in [0.15, 0.2) is 0 Å². The standard InChI is InChI=1S/C16H23NO2S/c1-11-8-12(2)14(13(3)9-11)10-17-15(18)16(19)4-6-20-7-5-16/h8-9,19H,4-7,10H2,1-3H3,(H,17,18). The van der Waals surface area contributed by atoms with Gasteiger partial charge in [-0.15, -0.1) is 0 Å². The zero-order chi connectivity index (χ0) is 14.8. The molecular formula is C16H23NO2S. The largest absolute Gasteiger partial charge is 0.380 e. The van der Waals surface area contributed by atoms with Crippen LogP contribution in [0.5, 0.6) is 0 Å². The van der Waals surface area contributed by atoms with E-state index in [1.54, 1.807) is 11.8 Å². The Morgan fingerprint density at radius 1 is 1.25 bits per heavy atom. The predicted octanol–water partition coefficient (Wildman–Crippen LogP) is 2.49. The third kappa shape index (κ3) is 3.36. The number of aryl methyl sites for hydroxylation is 3. The lowest BCUT2D eigenvalue weighted by Crippen LogP contribution is -2.48. The van der Waals surface area contributed by atoms with E-state index in [4.69, 9.17) is 0 Å². The van der Waals surface area contributed by atoms with Crippen molar-refractivity contribution in [2.24, 2.45) is 0 Å². The van der Waals surface area contributed by atoms with Crippen LogP contribution in [0.15, 0.2) is 12.1 Å². The molecule has 0 atom stereocenters. The molecular weight excluding hydrogens is 270 g/mol. The van der Waals surface area contributed by atoms with Crippen molar-refractivity contribution < 1.29 is 9.90 Å². The van der Waals surface area contributed by atoms with Crippen LogP contribution >= 0.6 is 11.8 Å². The number of hydrogen-bond donors (Lipinski definition) is 2. The van der Waals surface area contributed by atoms with Gasteiger partial charge in [0.25, 0.3) is 5.91 Å². The molecule has 1 aromatic rings. The van der Waals surface area contributed by atoms with Crippen molar-refractivity contribution in [3.05, 3.63) is 34.4 Å². The third-order valence-corrected chi connectivity index (χ3v) is 4.99. The summed E-state index contributed by atoms with van der Waals surface area (Å²) in [5.41, 5.74) is 3.59. The summed E-state index contributed by atoms with van der Waals surface area (Å²) in [5, 5.41) is 13.3. The first kappa shape index (κ1) is 15.4. The number of carbonyl (C=O) groups excluding carboxylic acids is 1. The van der Waals surface area contributed by atoms with Crippen LogP contribution < -0.4 is 5.32 Å². The van der Waals surface area contributed by atoms with Crippen molar-refractivity contribution in [2.75, 3.05) is 11.5 Å². The number of hydrogen-bond acceptors (Lipinski definition) is 3. The number of aliphatic hydroxyl groups is 1. The zero-order valence-corrected chi connectivity index (χ0v) is 13.3. The van der Waals surface area contributed by atoms with E-state index in [0.717, 1.165) is 17.1 Å². The molecule has 1 fully saturated rings. The first-order chi connectivity index (χ1) is 9.42. The normalized spacial score (nSPS) is 17.8. The number of thioether (sulfide) groups is 1. The fourth-order valence-electron chi connectivity index (χ4n) is 2.76. The fourth-order valence-corrected chi connectivity index (χ4v) is 3.93. The molecule has 110 valence electrons. The fraction of sp³-hybridized carbons (Fsp3) is 0.562. The molecule has 1 aliphatic heterocycles. The number of nitrogens with one attached hydrogen (secondary N) is 1. The Bertz CT molecular complexity index is 484. The van der Waals surface area contributed by atoms with E-state index >= 15 is 0 Å². The highest BCUT2D eigenvalue weighted by molar-refractivity contribution is 7.99. The highest BCUT2D eigenvalue weighted by Crippen LogP contribution is 2.27. The van der Waals surface area contributed by atoms with Crippen molar-refractivity contribution in [2.45, 2.75) is 45.8 Å². The molecule has 0 spiro atoms. The molecule has 0 unspecified atom stereocenters. The Labute approximate surface area is 125 Å². The molecule has 0 bridgehead atoms. The van der Waals surface area contributed by atoms with Gasteiger partial charge in [-0.1, -0.05) is 17.7 Å². The number of amides is 1. The van der Waals surface area contributed by atoms with E-state index in [9.17, 15) is 9.90 Å². The molecule has 1 amide bonds. The van der Waals surface area contributed by atoms with Gasteiger partial charge in [0.1, 0.15) is 5.60 Å². The molecule has 0 aromatic heterocycles. The second-order valence-corrected chi connectivity index (χ2v) is 6.93. The molecule has 0 saturated carbocycles. The number of rotatable bonds is 3. The SMILES string of the molecule is Cc1cc(C)c(CNC(=O)C2(O)CCSCC2)c(C)c1. The summed E-state index contributed by atoms with van der Waals surface area (Å²) in [5.74, 6) is 1.48. The zero-order valence-electron chi connectivity index (χ0n) is 12.5. The summed E-state index contributed by atoms with van der Waals surface area (Å²) in [4.78, 5) is 12.2. The molecule has 0 radical (unpaired) electrons. The molecule has 1 aliphatic rings. The summed E-state index contributed by atoms with van der Waals surface area (Å²) >= 11 is 1.80. The van der Waals surface area contributed by atoms with Gasteiger partial charge in [-0.3, -0.25) is 4.79 Å². The first-order valence-electron chi connectivity index (χ1n) is 7.07. The maximum atomic E-state index is 12.2. The van der Waals surface area contributed by atoms with Crippen molar-refractivity contribution >= 4 is 17.7 Å². The molecule has 2 N–H and O–H groups in total. The van der Waals surface area contributed by atoms with Crippen molar-refractivity contribution in [1.82, 2.24) is 5.32 Å². The van der Waals surface area contributed by atoms with Crippen LogP contribution in [0.3, 0.4) is 0 Å². The van der Waals surface area contributed by atoms with Gasteiger partial charge in [0.05, 0.1) is 0 Å². The van der Waals surface area contributed by atoms with Crippen LogP contribution in [-0.2, 0) is 11.3 Å². The lowest BCUT2D eigenvalue weighted by molar-refractivity contribution is -0.140. The molecule has 1 heterocycles. The Balaban J connectivity index is 2.03. The van der Waals surface area contributed by atoms with E-state index in [-0.39, 0.29) is 5.91 Å². The molecule has 3 nitrogen and oxygen atoms in total. The minimum atomic E-state index is -1.17. The van der Waals surface area contributed by atoms with Crippen LogP contribution in [0.4, 0.5) is 0 Å². The summed E-state index contributed by atoms with van der Waals surface area (Å²) in [6, 6.07) is 4.25. The average molecular weight is 293 g/mol. The second-order valence-electron chi connectivity index (χ2n) is 5.70. The van der Waals surface area contributed by atoms with E-state index < -0.39 is 5.60 Å². The minimum Gasteiger partial charge on any atom is -0.380 e. The maximum absolute atomic E-state index is 12.2. The van der Waals surface area contributed by atoms with E-state index in [1.807, 2.05) is 0 Å². The van der Waals surface area contributed by atoms with E-state index in [2.05, 4.69) is 38.2 Å². The molecule has 1 saturated heterocycles. The molecule has 20 heavy (non-hydrogen) atoms. The van der Waals surface area contributed by atoms with E-state index in [0.29, 0.717) is 19.4 Å². The monoisotopic (exact) mass is 293 g/mol. The Morgan fingerprint density at radius 2 is 1.80 bits per heavy atom. The Kier molecular flexibility index (Phi) is 4.76. The number of benzene rings is 1. The van der Waals surface area contributed by atoms with Crippen LogP contribution in [0, 0.1) is 20.8 Å². The Morgan fingerprint density at radius 3 is 2.35 bits per heavy atom. The summed E-state index contributed by atoms with van der Waals surface area (Å²) in [6.07, 6.45) is 1.10. The second kappa shape index (κ2) is 6.19. The molecule has 1 aromatic carbocycles. The lowest BCUT2D eigenvalue weighted by Gasteiger charge is -2.30. The van der Waals surface area contributed by atoms with Crippen molar-refractivity contribution in [3.8, 4) is 0 Å².